The lowest BCUT2D eigenvalue weighted by molar-refractivity contribution is -0.222. The van der Waals surface area contributed by atoms with Gasteiger partial charge in [-0.3, -0.25) is 5.41 Å². The number of nitrogens with one attached hydrogen (secondary N) is 2. The fourth-order valence-corrected chi connectivity index (χ4v) is 8.31. The number of rotatable bonds is 6. The Morgan fingerprint density at radius 1 is 1.18 bits per heavy atom. The van der Waals surface area contributed by atoms with Crippen LogP contribution < -0.4 is 11.1 Å². The quantitative estimate of drug-likeness (QED) is 0.186. The number of allylic oxidation sites excluding steroid dienone is 1. The summed E-state index contributed by atoms with van der Waals surface area (Å²) in [6.45, 7) is 5.83. The molecule has 4 aliphatic rings. The molecule has 0 bridgehead atoms. The van der Waals surface area contributed by atoms with Crippen LogP contribution in [-0.2, 0) is 10.3 Å². The fraction of sp³-hybridized carbons (Fsp3) is 0.741. The maximum atomic E-state index is 12.3. The second-order valence-electron chi connectivity index (χ2n) is 11.7. The largest absolute Gasteiger partial charge is 0.472 e. The first kappa shape index (κ1) is 23.9. The van der Waals surface area contributed by atoms with Gasteiger partial charge in [-0.2, -0.15) is 0 Å². The second-order valence-corrected chi connectivity index (χ2v) is 11.7. The molecule has 0 amide bonds. The number of nitrogens with two attached hydrogens (primary N) is 1. The van der Waals surface area contributed by atoms with Crippen molar-refractivity contribution >= 4 is 5.96 Å². The zero-order valence-electron chi connectivity index (χ0n) is 20.6. The van der Waals surface area contributed by atoms with E-state index in [0.29, 0.717) is 31.9 Å². The predicted octanol–water partition coefficient (Wildman–Crippen LogP) is 3.80. The Morgan fingerprint density at radius 2 is 2.00 bits per heavy atom. The van der Waals surface area contributed by atoms with Crippen LogP contribution in [0.15, 0.2) is 34.7 Å². The van der Waals surface area contributed by atoms with Crippen LogP contribution in [0.5, 0.6) is 0 Å². The number of ether oxygens (including phenoxy) is 1. The van der Waals surface area contributed by atoms with Crippen LogP contribution in [0.25, 0.3) is 0 Å². The Hall–Kier alpha value is -1.83. The molecule has 0 unspecified atom stereocenters. The summed E-state index contributed by atoms with van der Waals surface area (Å²) in [5.74, 6) is 0.630. The third kappa shape index (κ3) is 3.38. The molecule has 34 heavy (non-hydrogen) atoms. The molecule has 0 aromatic carbocycles. The highest BCUT2D eigenvalue weighted by Gasteiger charge is 2.71. The molecule has 7 atom stereocenters. The Bertz CT molecular complexity index is 948. The molecule has 1 aromatic rings. The van der Waals surface area contributed by atoms with Crippen LogP contribution in [0.2, 0.25) is 0 Å². The minimum absolute atomic E-state index is 0.00279. The minimum atomic E-state index is -1.04. The Labute approximate surface area is 202 Å². The van der Waals surface area contributed by atoms with Crippen molar-refractivity contribution in [1.82, 2.24) is 5.32 Å². The summed E-state index contributed by atoms with van der Waals surface area (Å²) < 4.78 is 11.5. The van der Waals surface area contributed by atoms with Crippen molar-refractivity contribution in [2.45, 2.75) is 88.9 Å². The lowest BCUT2D eigenvalue weighted by Gasteiger charge is -2.62. The topological polar surface area (TPSA) is 125 Å². The standard InChI is InChI=1S/C27H41N3O4/c1-24-9-6-20(34-14-3-13-30-23(28)29)16-18(24)4-5-22-21(24)7-10-25(2)26(31,11-12-27(22,25)32)19-8-15-33-17-19/h8,15-17,20-22,31-32H,3-7,9-14H2,1-2H3,(H4,28,29,30)/t20-,21-,22+,24-,25+,26-,27-/m0/s1. The van der Waals surface area contributed by atoms with Crippen molar-refractivity contribution in [2.24, 2.45) is 28.4 Å². The van der Waals surface area contributed by atoms with Crippen molar-refractivity contribution in [3.63, 3.8) is 0 Å². The third-order valence-electron chi connectivity index (χ3n) is 10.4. The number of aliphatic hydroxyl groups is 2. The zero-order valence-corrected chi connectivity index (χ0v) is 20.6. The number of hydrogen-bond acceptors (Lipinski definition) is 5. The van der Waals surface area contributed by atoms with Gasteiger partial charge in [0, 0.05) is 24.1 Å². The van der Waals surface area contributed by atoms with Gasteiger partial charge >= 0.3 is 0 Å². The smallest absolute Gasteiger partial charge is 0.185 e. The van der Waals surface area contributed by atoms with Gasteiger partial charge in [0.05, 0.1) is 24.2 Å². The highest BCUT2D eigenvalue weighted by Crippen LogP contribution is 2.71. The molecule has 5 rings (SSSR count). The van der Waals surface area contributed by atoms with Crippen molar-refractivity contribution in [1.29, 1.82) is 5.41 Å². The van der Waals surface area contributed by atoms with E-state index in [1.807, 2.05) is 6.07 Å². The van der Waals surface area contributed by atoms with Gasteiger partial charge in [-0.15, -0.1) is 0 Å². The SMILES string of the molecule is C[C@]12CC[C@H]3[C@@H](CCC4=C[C@@H](OCCCNC(=N)N)CC[C@@]43C)[C@@]1(O)CC[C@]2(O)c1ccoc1. The molecule has 6 N–H and O–H groups in total. The highest BCUT2D eigenvalue weighted by atomic mass is 16.5. The molecule has 188 valence electrons. The van der Waals surface area contributed by atoms with E-state index in [-0.39, 0.29) is 23.4 Å². The fourth-order valence-electron chi connectivity index (χ4n) is 8.31. The van der Waals surface area contributed by atoms with E-state index in [0.717, 1.165) is 50.5 Å². The summed E-state index contributed by atoms with van der Waals surface area (Å²) in [6.07, 6.45) is 13.7. The molecule has 3 saturated carbocycles. The minimum Gasteiger partial charge on any atom is -0.472 e. The van der Waals surface area contributed by atoms with Gasteiger partial charge in [-0.05, 0) is 81.1 Å². The van der Waals surface area contributed by atoms with Gasteiger partial charge < -0.3 is 30.4 Å². The summed E-state index contributed by atoms with van der Waals surface area (Å²) in [5, 5.41) is 34.2. The average Bonchev–Trinajstić information content (AvgIpc) is 3.41. The van der Waals surface area contributed by atoms with E-state index in [1.54, 1.807) is 12.5 Å². The van der Waals surface area contributed by atoms with Gasteiger partial charge in [0.1, 0.15) is 5.60 Å². The monoisotopic (exact) mass is 471 g/mol. The molecule has 3 fully saturated rings. The molecule has 0 radical (unpaired) electrons. The Morgan fingerprint density at radius 3 is 2.74 bits per heavy atom. The maximum absolute atomic E-state index is 12.3. The van der Waals surface area contributed by atoms with Crippen molar-refractivity contribution in [2.75, 3.05) is 13.2 Å². The lowest BCUT2D eigenvalue weighted by atomic mass is 9.44. The van der Waals surface area contributed by atoms with E-state index in [2.05, 4.69) is 25.2 Å². The molecule has 0 aliphatic heterocycles. The van der Waals surface area contributed by atoms with E-state index >= 15 is 0 Å². The maximum Gasteiger partial charge on any atom is 0.185 e. The third-order valence-corrected chi connectivity index (χ3v) is 10.4. The van der Waals surface area contributed by atoms with E-state index in [1.165, 1.54) is 5.57 Å². The van der Waals surface area contributed by atoms with Gasteiger partial charge in [-0.25, -0.2) is 0 Å². The molecule has 1 heterocycles. The molecular weight excluding hydrogens is 430 g/mol. The summed E-state index contributed by atoms with van der Waals surface area (Å²) >= 11 is 0. The van der Waals surface area contributed by atoms with Crippen LogP contribution in [0, 0.1) is 28.1 Å². The molecule has 1 aromatic heterocycles. The Balaban J connectivity index is 1.32. The molecule has 4 aliphatic carbocycles. The number of fused-ring (bicyclic) bond motifs is 5. The van der Waals surface area contributed by atoms with Gasteiger partial charge in [0.15, 0.2) is 5.96 Å². The van der Waals surface area contributed by atoms with Gasteiger partial charge in [0.25, 0.3) is 0 Å². The van der Waals surface area contributed by atoms with E-state index < -0.39 is 16.6 Å². The normalized spacial score (nSPS) is 43.4. The number of furan rings is 1. The first-order chi connectivity index (χ1) is 16.1. The van der Waals surface area contributed by atoms with E-state index in [4.69, 9.17) is 20.3 Å². The molecular formula is C27H41N3O4. The van der Waals surface area contributed by atoms with Crippen molar-refractivity contribution in [3.8, 4) is 0 Å². The first-order valence-electron chi connectivity index (χ1n) is 13.0. The van der Waals surface area contributed by atoms with Crippen LogP contribution in [0.4, 0.5) is 0 Å². The summed E-state index contributed by atoms with van der Waals surface area (Å²) in [7, 11) is 0. The summed E-state index contributed by atoms with van der Waals surface area (Å²) in [4.78, 5) is 0. The van der Waals surface area contributed by atoms with Gasteiger partial charge in [0.2, 0.25) is 0 Å². The Kier molecular flexibility index (Phi) is 5.89. The van der Waals surface area contributed by atoms with E-state index in [9.17, 15) is 10.2 Å². The predicted molar refractivity (Wildman–Crippen MR) is 130 cm³/mol. The number of guanidine groups is 1. The molecule has 0 saturated heterocycles. The van der Waals surface area contributed by atoms with Crippen molar-refractivity contribution in [3.05, 3.63) is 35.8 Å². The molecule has 0 spiro atoms. The zero-order chi connectivity index (χ0) is 24.2. The lowest BCUT2D eigenvalue weighted by Crippen LogP contribution is -2.63. The highest BCUT2D eigenvalue weighted by molar-refractivity contribution is 5.74. The molecule has 7 nitrogen and oxygen atoms in total. The average molecular weight is 472 g/mol. The van der Waals surface area contributed by atoms with Crippen LogP contribution in [-0.4, -0.2) is 41.0 Å². The van der Waals surface area contributed by atoms with Crippen molar-refractivity contribution < 1.29 is 19.4 Å². The summed E-state index contributed by atoms with van der Waals surface area (Å²) in [5.41, 5.74) is 5.25. The second kappa shape index (κ2) is 8.38. The van der Waals surface area contributed by atoms with Crippen LogP contribution >= 0.6 is 0 Å². The van der Waals surface area contributed by atoms with Gasteiger partial charge in [-0.1, -0.05) is 25.5 Å². The molecule has 7 heteroatoms. The van der Waals surface area contributed by atoms with Crippen LogP contribution in [0.1, 0.15) is 77.2 Å². The summed E-state index contributed by atoms with van der Waals surface area (Å²) in [6, 6.07) is 1.86. The first-order valence-corrected chi connectivity index (χ1v) is 13.0. The number of hydrogen-bond donors (Lipinski definition) is 5. The van der Waals surface area contributed by atoms with Crippen LogP contribution in [0.3, 0.4) is 0 Å².